The van der Waals surface area contributed by atoms with Crippen LogP contribution in [0.25, 0.3) is 11.0 Å². The fourth-order valence-electron chi connectivity index (χ4n) is 3.17. The van der Waals surface area contributed by atoms with Crippen LogP contribution < -0.4 is 4.74 Å². The highest BCUT2D eigenvalue weighted by atomic mass is 16.5. The Labute approximate surface area is 169 Å². The van der Waals surface area contributed by atoms with Crippen LogP contribution in [0.1, 0.15) is 34.5 Å². The first-order valence-electron chi connectivity index (χ1n) is 9.45. The summed E-state index contributed by atoms with van der Waals surface area (Å²) in [6, 6.07) is 23.4. The highest BCUT2D eigenvalue weighted by Gasteiger charge is 2.24. The van der Waals surface area contributed by atoms with Gasteiger partial charge in [0.15, 0.2) is 5.75 Å². The van der Waals surface area contributed by atoms with Crippen molar-refractivity contribution >= 4 is 17.0 Å². The lowest BCUT2D eigenvalue weighted by Crippen LogP contribution is -2.14. The molecule has 2 heterocycles. The topological polar surface area (TPSA) is 61.3 Å². The largest absolute Gasteiger partial charge is 0.478 e. The Bertz CT molecular complexity index is 1080. The summed E-state index contributed by atoms with van der Waals surface area (Å²) < 4.78 is 11.7. The Kier molecular flexibility index (Phi) is 5.47. The zero-order valence-corrected chi connectivity index (χ0v) is 16.0. The molecule has 0 unspecified atom stereocenters. The summed E-state index contributed by atoms with van der Waals surface area (Å²) in [5.74, 6) is -0.116. The van der Waals surface area contributed by atoms with Crippen molar-refractivity contribution in [3.8, 4) is 5.75 Å². The molecule has 29 heavy (non-hydrogen) atoms. The Balaban J connectivity index is 1.87. The first kappa shape index (κ1) is 18.6. The molecule has 5 heteroatoms. The van der Waals surface area contributed by atoms with Gasteiger partial charge in [0.25, 0.3) is 0 Å². The van der Waals surface area contributed by atoms with Crippen LogP contribution in [0.2, 0.25) is 0 Å². The van der Waals surface area contributed by atoms with Crippen LogP contribution >= 0.6 is 0 Å². The van der Waals surface area contributed by atoms with E-state index in [0.29, 0.717) is 16.8 Å². The normalized spacial score (nSPS) is 10.8. The van der Waals surface area contributed by atoms with Crippen molar-refractivity contribution in [1.29, 1.82) is 0 Å². The molecule has 5 nitrogen and oxygen atoms in total. The molecule has 0 saturated carbocycles. The van der Waals surface area contributed by atoms with E-state index in [2.05, 4.69) is 9.97 Å². The van der Waals surface area contributed by atoms with Gasteiger partial charge in [0.1, 0.15) is 17.2 Å². The van der Waals surface area contributed by atoms with Gasteiger partial charge in [0.05, 0.1) is 12.1 Å². The minimum absolute atomic E-state index is 0.259. The number of carbonyl (C=O) groups excluding carboxylic acids is 1. The van der Waals surface area contributed by atoms with Crippen molar-refractivity contribution < 1.29 is 14.3 Å². The lowest BCUT2D eigenvalue weighted by molar-refractivity contribution is 0.0520. The Hall–Kier alpha value is -3.73. The van der Waals surface area contributed by atoms with E-state index in [-0.39, 0.29) is 12.2 Å². The van der Waals surface area contributed by atoms with Gasteiger partial charge in [0, 0.05) is 12.4 Å². The molecule has 4 rings (SSSR count). The molecule has 0 amide bonds. The second-order valence-corrected chi connectivity index (χ2v) is 6.41. The van der Waals surface area contributed by atoms with Crippen LogP contribution in [0.4, 0.5) is 0 Å². The van der Waals surface area contributed by atoms with E-state index < -0.39 is 12.1 Å². The Morgan fingerprint density at radius 1 is 0.897 bits per heavy atom. The molecular weight excluding hydrogens is 364 g/mol. The number of carbonyl (C=O) groups is 1. The average molecular weight is 384 g/mol. The van der Waals surface area contributed by atoms with E-state index in [9.17, 15) is 4.79 Å². The second-order valence-electron chi connectivity index (χ2n) is 6.41. The van der Waals surface area contributed by atoms with E-state index in [1.165, 1.54) is 6.20 Å². The number of rotatable bonds is 6. The molecule has 0 aliphatic carbocycles. The van der Waals surface area contributed by atoms with E-state index in [1.54, 1.807) is 19.2 Å². The molecule has 0 aliphatic heterocycles. The third-order valence-corrected chi connectivity index (χ3v) is 4.51. The van der Waals surface area contributed by atoms with Gasteiger partial charge in [-0.05, 0) is 30.2 Å². The van der Waals surface area contributed by atoms with Crippen molar-refractivity contribution in [3.63, 3.8) is 0 Å². The van der Waals surface area contributed by atoms with Crippen LogP contribution in [0, 0.1) is 0 Å². The maximum absolute atomic E-state index is 12.6. The maximum Gasteiger partial charge on any atom is 0.343 e. The van der Waals surface area contributed by atoms with Gasteiger partial charge in [-0.3, -0.25) is 9.97 Å². The lowest BCUT2D eigenvalue weighted by Gasteiger charge is -2.22. The quantitative estimate of drug-likeness (QED) is 0.439. The zero-order chi connectivity index (χ0) is 20.1. The van der Waals surface area contributed by atoms with Crippen LogP contribution in [0.3, 0.4) is 0 Å². The van der Waals surface area contributed by atoms with E-state index in [1.807, 2.05) is 66.7 Å². The number of ether oxygens (including phenoxy) is 2. The van der Waals surface area contributed by atoms with E-state index >= 15 is 0 Å². The van der Waals surface area contributed by atoms with Crippen molar-refractivity contribution in [2.75, 3.05) is 6.61 Å². The van der Waals surface area contributed by atoms with Crippen molar-refractivity contribution in [2.45, 2.75) is 13.0 Å². The van der Waals surface area contributed by atoms with Gasteiger partial charge in [-0.25, -0.2) is 4.79 Å². The molecule has 0 atom stereocenters. The van der Waals surface area contributed by atoms with Gasteiger partial charge in [-0.15, -0.1) is 0 Å². The first-order chi connectivity index (χ1) is 14.3. The smallest absolute Gasteiger partial charge is 0.343 e. The van der Waals surface area contributed by atoms with Gasteiger partial charge in [-0.1, -0.05) is 60.7 Å². The highest BCUT2D eigenvalue weighted by molar-refractivity contribution is 5.98. The number of hydrogen-bond acceptors (Lipinski definition) is 5. The summed E-state index contributed by atoms with van der Waals surface area (Å²) in [5, 5.41) is 0. The fourth-order valence-corrected chi connectivity index (χ4v) is 3.17. The minimum atomic E-state index is -0.484. The van der Waals surface area contributed by atoms with E-state index in [0.717, 1.165) is 11.1 Å². The van der Waals surface area contributed by atoms with Crippen LogP contribution in [0.5, 0.6) is 5.75 Å². The zero-order valence-electron chi connectivity index (χ0n) is 16.0. The molecule has 2 aromatic heterocycles. The SMILES string of the molecule is CCOC(=O)c1cnc2cccnc2c1OC(c1ccccc1)c1ccccc1. The molecule has 0 bridgehead atoms. The standard InChI is InChI=1S/C24H20N2O3/c1-2-28-24(27)19-16-26-20-14-9-15-25-21(20)23(19)29-22(17-10-5-3-6-11-17)18-12-7-4-8-13-18/h3-16,22H,2H2,1H3. The number of nitrogens with zero attached hydrogens (tertiary/aromatic N) is 2. The van der Waals surface area contributed by atoms with Crippen LogP contribution in [-0.4, -0.2) is 22.5 Å². The number of hydrogen-bond donors (Lipinski definition) is 0. The molecule has 0 N–H and O–H groups in total. The van der Waals surface area contributed by atoms with Gasteiger partial charge in [0.2, 0.25) is 0 Å². The summed E-state index contributed by atoms with van der Waals surface area (Å²) in [5.41, 5.74) is 3.36. The Morgan fingerprint density at radius 2 is 1.55 bits per heavy atom. The van der Waals surface area contributed by atoms with Gasteiger partial charge in [-0.2, -0.15) is 0 Å². The molecule has 0 radical (unpaired) electrons. The van der Waals surface area contributed by atoms with Crippen molar-refractivity contribution in [1.82, 2.24) is 9.97 Å². The molecular formula is C24H20N2O3. The third-order valence-electron chi connectivity index (χ3n) is 4.51. The van der Waals surface area contributed by atoms with Crippen molar-refractivity contribution in [2.24, 2.45) is 0 Å². The fraction of sp³-hybridized carbons (Fsp3) is 0.125. The summed E-state index contributed by atoms with van der Waals surface area (Å²) in [4.78, 5) is 21.4. The Morgan fingerprint density at radius 3 is 2.17 bits per heavy atom. The monoisotopic (exact) mass is 384 g/mol. The second kappa shape index (κ2) is 8.52. The molecule has 0 aliphatic rings. The van der Waals surface area contributed by atoms with Gasteiger partial charge < -0.3 is 9.47 Å². The molecule has 0 saturated heterocycles. The van der Waals surface area contributed by atoms with Gasteiger partial charge >= 0.3 is 5.97 Å². The molecule has 4 aromatic rings. The summed E-state index contributed by atoms with van der Waals surface area (Å²) in [7, 11) is 0. The first-order valence-corrected chi connectivity index (χ1v) is 9.45. The number of benzene rings is 2. The third kappa shape index (κ3) is 3.94. The predicted octanol–water partition coefficient (Wildman–Crippen LogP) is 4.97. The highest BCUT2D eigenvalue weighted by Crippen LogP contribution is 2.34. The van der Waals surface area contributed by atoms with Crippen LogP contribution in [-0.2, 0) is 4.74 Å². The van der Waals surface area contributed by atoms with Crippen molar-refractivity contribution in [3.05, 3.63) is 102 Å². The minimum Gasteiger partial charge on any atom is -0.478 e. The average Bonchev–Trinajstić information content (AvgIpc) is 2.78. The molecule has 0 fully saturated rings. The predicted molar refractivity (Wildman–Crippen MR) is 111 cm³/mol. The lowest BCUT2D eigenvalue weighted by atomic mass is 10.0. The van der Waals surface area contributed by atoms with Crippen LogP contribution in [0.15, 0.2) is 85.2 Å². The number of pyridine rings is 2. The molecule has 144 valence electrons. The molecule has 0 spiro atoms. The maximum atomic E-state index is 12.6. The number of aromatic nitrogens is 2. The summed E-state index contributed by atoms with van der Waals surface area (Å²) in [6.45, 7) is 2.03. The molecule has 2 aromatic carbocycles. The number of fused-ring (bicyclic) bond motifs is 1. The number of esters is 1. The summed E-state index contributed by atoms with van der Waals surface area (Å²) in [6.07, 6.45) is 2.73. The summed E-state index contributed by atoms with van der Waals surface area (Å²) >= 11 is 0. The van der Waals surface area contributed by atoms with E-state index in [4.69, 9.17) is 9.47 Å².